The maximum atomic E-state index is 12.7. The number of nitrogens with zero attached hydrogens (tertiary/aromatic N) is 2. The molecule has 3 rings (SSSR count). The van der Waals surface area contributed by atoms with Crippen molar-refractivity contribution < 1.29 is 23.8 Å². The van der Waals surface area contributed by atoms with E-state index in [0.717, 1.165) is 11.3 Å². The molecule has 0 amide bonds. The Kier molecular flexibility index (Phi) is 6.20. The summed E-state index contributed by atoms with van der Waals surface area (Å²) in [6.07, 6.45) is 0.0309. The number of methoxy groups -OCH3 is 2. The van der Waals surface area contributed by atoms with Gasteiger partial charge in [-0.3, -0.25) is 0 Å². The molecule has 0 atom stereocenters. The molecule has 0 saturated heterocycles. The average molecular weight is 408 g/mol. The van der Waals surface area contributed by atoms with Gasteiger partial charge in [0.1, 0.15) is 17.0 Å². The van der Waals surface area contributed by atoms with Crippen LogP contribution in [-0.4, -0.2) is 42.0 Å². The molecule has 7 nitrogen and oxygen atoms in total. The third-order valence-electron chi connectivity index (χ3n) is 4.47. The van der Waals surface area contributed by atoms with Gasteiger partial charge in [-0.15, -0.1) is 0 Å². The minimum Gasteiger partial charge on any atom is -0.491 e. The first kappa shape index (κ1) is 21.1. The Labute approximate surface area is 175 Å². The highest BCUT2D eigenvalue weighted by Crippen LogP contribution is 2.32. The van der Waals surface area contributed by atoms with E-state index in [1.54, 1.807) is 18.2 Å². The predicted octanol–water partition coefficient (Wildman–Crippen LogP) is 4.21. The Balaban J connectivity index is 2.26. The van der Waals surface area contributed by atoms with Crippen molar-refractivity contribution in [3.05, 3.63) is 65.4 Å². The van der Waals surface area contributed by atoms with E-state index >= 15 is 0 Å². The molecule has 0 aliphatic carbocycles. The Morgan fingerprint density at radius 3 is 2.20 bits per heavy atom. The Morgan fingerprint density at radius 2 is 1.63 bits per heavy atom. The lowest BCUT2D eigenvalue weighted by molar-refractivity contribution is 0.0549. The lowest BCUT2D eigenvalue weighted by Gasteiger charge is -2.13. The molecule has 1 aromatic heterocycles. The second-order valence-electron chi connectivity index (χ2n) is 6.95. The number of aromatic nitrogens is 2. The van der Waals surface area contributed by atoms with E-state index in [1.165, 1.54) is 18.9 Å². The monoisotopic (exact) mass is 408 g/mol. The number of carbonyl (C=O) groups is 2. The highest BCUT2D eigenvalue weighted by Gasteiger charge is 2.31. The van der Waals surface area contributed by atoms with Crippen molar-refractivity contribution >= 4 is 11.9 Å². The molecule has 3 aromatic rings. The van der Waals surface area contributed by atoms with Crippen molar-refractivity contribution in [2.45, 2.75) is 26.9 Å². The number of ether oxygens (including phenoxy) is 3. The van der Waals surface area contributed by atoms with Crippen LogP contribution in [0.2, 0.25) is 0 Å². The molecule has 0 fully saturated rings. The summed E-state index contributed by atoms with van der Waals surface area (Å²) in [6, 6.07) is 14.5. The molecule has 0 N–H and O–H groups in total. The maximum Gasteiger partial charge on any atom is 0.357 e. The fraction of sp³-hybridized carbons (Fsp3) is 0.261. The first-order valence-electron chi connectivity index (χ1n) is 9.50. The highest BCUT2D eigenvalue weighted by molar-refractivity contribution is 6.06. The van der Waals surface area contributed by atoms with Crippen LogP contribution in [-0.2, 0) is 9.47 Å². The van der Waals surface area contributed by atoms with E-state index in [4.69, 9.17) is 14.2 Å². The molecule has 1 heterocycles. The minimum absolute atomic E-state index is 0.00529. The molecular formula is C23H24N2O5. The van der Waals surface area contributed by atoms with Crippen LogP contribution in [0, 0.1) is 6.92 Å². The number of esters is 2. The van der Waals surface area contributed by atoms with Gasteiger partial charge in [-0.1, -0.05) is 18.2 Å². The summed E-state index contributed by atoms with van der Waals surface area (Å²) < 4.78 is 17.1. The van der Waals surface area contributed by atoms with Gasteiger partial charge in [-0.25, -0.2) is 14.3 Å². The summed E-state index contributed by atoms with van der Waals surface area (Å²) in [4.78, 5) is 25.3. The number of hydrogen-bond donors (Lipinski definition) is 0. The zero-order chi connectivity index (χ0) is 21.8. The zero-order valence-electron chi connectivity index (χ0n) is 17.6. The van der Waals surface area contributed by atoms with Crippen molar-refractivity contribution in [3.63, 3.8) is 0 Å². The quantitative estimate of drug-likeness (QED) is 0.569. The molecule has 2 aromatic carbocycles. The third-order valence-corrected chi connectivity index (χ3v) is 4.47. The van der Waals surface area contributed by atoms with E-state index < -0.39 is 11.9 Å². The van der Waals surface area contributed by atoms with Gasteiger partial charge in [0, 0.05) is 5.56 Å². The number of hydrogen-bond acceptors (Lipinski definition) is 6. The van der Waals surface area contributed by atoms with Gasteiger partial charge in [-0.05, 0) is 56.7 Å². The fourth-order valence-electron chi connectivity index (χ4n) is 3.14. The van der Waals surface area contributed by atoms with Crippen LogP contribution in [0.4, 0.5) is 0 Å². The third kappa shape index (κ3) is 4.05. The smallest absolute Gasteiger partial charge is 0.357 e. The van der Waals surface area contributed by atoms with Gasteiger partial charge in [0.2, 0.25) is 0 Å². The minimum atomic E-state index is -0.686. The highest BCUT2D eigenvalue weighted by atomic mass is 16.5. The molecule has 0 spiro atoms. The van der Waals surface area contributed by atoms with E-state index in [0.29, 0.717) is 16.9 Å². The van der Waals surface area contributed by atoms with Crippen molar-refractivity contribution in [1.29, 1.82) is 0 Å². The summed E-state index contributed by atoms with van der Waals surface area (Å²) in [5, 5.41) is 4.59. The second kappa shape index (κ2) is 8.82. The Hall–Kier alpha value is -3.61. The molecule has 0 saturated carbocycles. The van der Waals surface area contributed by atoms with Gasteiger partial charge in [0.25, 0.3) is 0 Å². The van der Waals surface area contributed by atoms with Gasteiger partial charge in [0.05, 0.1) is 26.0 Å². The topological polar surface area (TPSA) is 79.7 Å². The SMILES string of the molecule is COC(=O)c1c(-c2ccc(OC(C)C)c(C)c2)nn(-c2ccccc2)c1C(=O)OC. The van der Waals surface area contributed by atoms with Crippen molar-refractivity contribution in [1.82, 2.24) is 9.78 Å². The van der Waals surface area contributed by atoms with E-state index in [-0.39, 0.29) is 17.4 Å². The number of para-hydroxylation sites is 1. The summed E-state index contributed by atoms with van der Waals surface area (Å²) in [5.41, 5.74) is 2.53. The van der Waals surface area contributed by atoms with Crippen molar-refractivity contribution in [2.75, 3.05) is 14.2 Å². The molecule has 0 radical (unpaired) electrons. The average Bonchev–Trinajstić information content (AvgIpc) is 3.15. The van der Waals surface area contributed by atoms with Crippen LogP contribution in [0.1, 0.15) is 40.3 Å². The van der Waals surface area contributed by atoms with E-state index in [1.807, 2.05) is 51.1 Å². The molecular weight excluding hydrogens is 384 g/mol. The van der Waals surface area contributed by atoms with Gasteiger partial charge in [-0.2, -0.15) is 5.10 Å². The fourth-order valence-corrected chi connectivity index (χ4v) is 3.14. The standard InChI is InChI=1S/C23H24N2O5/c1-14(2)30-18-12-11-16(13-15(18)3)20-19(22(26)28-4)21(23(27)29-5)25(24-20)17-9-7-6-8-10-17/h6-14H,1-5H3. The lowest BCUT2D eigenvalue weighted by Crippen LogP contribution is -2.15. The number of rotatable bonds is 6. The summed E-state index contributed by atoms with van der Waals surface area (Å²) in [6.45, 7) is 5.81. The molecule has 0 aliphatic rings. The zero-order valence-corrected chi connectivity index (χ0v) is 17.6. The summed E-state index contributed by atoms with van der Waals surface area (Å²) in [7, 11) is 2.52. The van der Waals surface area contributed by atoms with E-state index in [9.17, 15) is 9.59 Å². The van der Waals surface area contributed by atoms with Crippen LogP contribution in [0.3, 0.4) is 0 Å². The van der Waals surface area contributed by atoms with E-state index in [2.05, 4.69) is 5.10 Å². The first-order chi connectivity index (χ1) is 14.4. The van der Waals surface area contributed by atoms with Crippen LogP contribution in [0.15, 0.2) is 48.5 Å². The number of aryl methyl sites for hydroxylation is 1. The molecule has 0 unspecified atom stereocenters. The van der Waals surface area contributed by atoms with Gasteiger partial charge < -0.3 is 14.2 Å². The number of carbonyl (C=O) groups excluding carboxylic acids is 2. The first-order valence-corrected chi connectivity index (χ1v) is 9.50. The molecule has 30 heavy (non-hydrogen) atoms. The maximum absolute atomic E-state index is 12.7. The molecule has 7 heteroatoms. The molecule has 156 valence electrons. The van der Waals surface area contributed by atoms with Crippen LogP contribution >= 0.6 is 0 Å². The van der Waals surface area contributed by atoms with Gasteiger partial charge >= 0.3 is 11.9 Å². The van der Waals surface area contributed by atoms with Crippen LogP contribution in [0.5, 0.6) is 5.75 Å². The Bertz CT molecular complexity index is 1070. The molecule has 0 aliphatic heterocycles. The van der Waals surface area contributed by atoms with Crippen molar-refractivity contribution in [2.24, 2.45) is 0 Å². The summed E-state index contributed by atoms with van der Waals surface area (Å²) in [5.74, 6) is -0.619. The normalized spacial score (nSPS) is 10.7. The summed E-state index contributed by atoms with van der Waals surface area (Å²) >= 11 is 0. The number of benzene rings is 2. The molecule has 0 bridgehead atoms. The van der Waals surface area contributed by atoms with Crippen LogP contribution < -0.4 is 4.74 Å². The lowest BCUT2D eigenvalue weighted by atomic mass is 10.0. The van der Waals surface area contributed by atoms with Gasteiger partial charge in [0.15, 0.2) is 5.69 Å². The largest absolute Gasteiger partial charge is 0.491 e. The van der Waals surface area contributed by atoms with Crippen molar-refractivity contribution in [3.8, 4) is 22.7 Å². The second-order valence-corrected chi connectivity index (χ2v) is 6.95. The predicted molar refractivity (Wildman–Crippen MR) is 112 cm³/mol. The Morgan fingerprint density at radius 1 is 0.967 bits per heavy atom. The van der Waals surface area contributed by atoms with Crippen LogP contribution in [0.25, 0.3) is 16.9 Å².